The van der Waals surface area contributed by atoms with Gasteiger partial charge in [0.15, 0.2) is 0 Å². The van der Waals surface area contributed by atoms with Gasteiger partial charge in [0, 0.05) is 75.9 Å². The summed E-state index contributed by atoms with van der Waals surface area (Å²) in [6, 6.07) is 42.1. The molecule has 0 N–H and O–H groups in total. The maximum atomic E-state index is 5.47. The summed E-state index contributed by atoms with van der Waals surface area (Å²) in [5.41, 5.74) is 14.2. The summed E-state index contributed by atoms with van der Waals surface area (Å²) >= 11 is 0. The SMILES string of the molecule is CC1(C)CCC2(C)c3c(nc4c5[c-]cccc5c5cccc(c5n34)C2(C)C)-c2ccccc21.CC1(C)c2cccc3c4ccc[c-]c4c4ncc(n4c23)C1(C)C.[Ir]. The van der Waals surface area contributed by atoms with Crippen molar-refractivity contribution < 1.29 is 20.1 Å². The van der Waals surface area contributed by atoms with Crippen molar-refractivity contribution in [2.75, 3.05) is 0 Å². The van der Waals surface area contributed by atoms with E-state index in [4.69, 9.17) is 9.97 Å². The van der Waals surface area contributed by atoms with Gasteiger partial charge in [-0.05, 0) is 45.7 Å². The second-order valence-electron chi connectivity index (χ2n) is 19.2. The molecule has 1 radical (unpaired) electrons. The third kappa shape index (κ3) is 4.37. The first-order valence-electron chi connectivity index (χ1n) is 20.3. The molecule has 0 saturated carbocycles. The average molecular weight is 921 g/mol. The first-order valence-corrected chi connectivity index (χ1v) is 20.3. The number of aromatic nitrogens is 4. The van der Waals surface area contributed by atoms with Crippen LogP contribution in [0.15, 0.2) is 103 Å². The van der Waals surface area contributed by atoms with Crippen molar-refractivity contribution in [3.63, 3.8) is 0 Å². The third-order valence-corrected chi connectivity index (χ3v) is 15.5. The van der Waals surface area contributed by atoms with E-state index in [9.17, 15) is 0 Å². The molecule has 5 heteroatoms. The van der Waals surface area contributed by atoms with Crippen LogP contribution in [0.25, 0.3) is 65.9 Å². The molecule has 9 aromatic rings. The predicted molar refractivity (Wildman–Crippen MR) is 232 cm³/mol. The van der Waals surface area contributed by atoms with Crippen molar-refractivity contribution in [1.82, 2.24) is 18.8 Å². The van der Waals surface area contributed by atoms with Crippen LogP contribution in [-0.2, 0) is 47.2 Å². The smallest absolute Gasteiger partial charge is 0.0813 e. The van der Waals surface area contributed by atoms with E-state index in [1.165, 1.54) is 66.2 Å². The van der Waals surface area contributed by atoms with Gasteiger partial charge in [0.05, 0.1) is 17.0 Å². The van der Waals surface area contributed by atoms with Gasteiger partial charge in [-0.3, -0.25) is 9.97 Å². The summed E-state index contributed by atoms with van der Waals surface area (Å²) < 4.78 is 4.88. The predicted octanol–water partition coefficient (Wildman–Crippen LogP) is 12.7. The second-order valence-corrected chi connectivity index (χ2v) is 19.2. The molecule has 6 heterocycles. The maximum absolute atomic E-state index is 5.47. The molecule has 1 aliphatic carbocycles. The van der Waals surface area contributed by atoms with E-state index >= 15 is 0 Å². The minimum Gasteiger partial charge on any atom is -0.337 e. The Morgan fingerprint density at radius 1 is 0.544 bits per heavy atom. The van der Waals surface area contributed by atoms with E-state index in [0.717, 1.165) is 40.6 Å². The molecule has 1 atom stereocenters. The van der Waals surface area contributed by atoms with Crippen LogP contribution in [-0.4, -0.2) is 18.8 Å². The van der Waals surface area contributed by atoms with E-state index in [-0.39, 0.29) is 47.2 Å². The fourth-order valence-corrected chi connectivity index (χ4v) is 11.1. The number of benzene rings is 5. The summed E-state index contributed by atoms with van der Waals surface area (Å²) in [5, 5.41) is 7.31. The Morgan fingerprint density at radius 2 is 1.11 bits per heavy atom. The molecular weight excluding hydrogens is 873 g/mol. The quantitative estimate of drug-likeness (QED) is 0.112. The number of pyridine rings is 2. The van der Waals surface area contributed by atoms with Crippen LogP contribution in [0.2, 0.25) is 0 Å². The number of hydrogen-bond donors (Lipinski definition) is 0. The molecule has 0 saturated heterocycles. The fraction of sp³-hybridized carbons (Fsp3) is 0.308. The molecule has 5 aromatic carbocycles. The van der Waals surface area contributed by atoms with Crippen molar-refractivity contribution >= 4 is 54.6 Å². The van der Waals surface area contributed by atoms with E-state index in [1.54, 1.807) is 0 Å². The standard InChI is InChI=1S/C31H29N2.C21H19N2.Ir/c1-29(2)17-18-31(5)27-25(22-13-8-9-15-23(22)29)32-28-21-12-7-6-11-19(21)20-14-10-16-24(30(31,3)4)26(20)33(27)28;1-20(2)16-11-7-10-14-13-8-5-6-9-15(13)19-22-12-17(21(20,3)4)23(19)18(14)16;/h6-11,13-16H,17-18H2,1-5H3;5-8,10-12H,1-4H3;/q2*-1;. The van der Waals surface area contributed by atoms with Gasteiger partial charge < -0.3 is 8.80 Å². The Balaban J connectivity index is 0.000000145. The molecule has 0 bridgehead atoms. The molecule has 4 aromatic heterocycles. The monoisotopic (exact) mass is 921 g/mol. The van der Waals surface area contributed by atoms with Gasteiger partial charge in [0.1, 0.15) is 0 Å². The maximum Gasteiger partial charge on any atom is 0.0813 e. The zero-order valence-electron chi connectivity index (χ0n) is 34.4. The number of imidazole rings is 2. The topological polar surface area (TPSA) is 34.6 Å². The van der Waals surface area contributed by atoms with Gasteiger partial charge in [-0.1, -0.05) is 134 Å². The first kappa shape index (κ1) is 36.5. The normalized spacial score (nSPS) is 20.4. The van der Waals surface area contributed by atoms with Crippen LogP contribution >= 0.6 is 0 Å². The average Bonchev–Trinajstić information content (AvgIpc) is 3.84. The fourth-order valence-electron chi connectivity index (χ4n) is 11.1. The molecule has 3 aliphatic rings. The Kier molecular flexibility index (Phi) is 7.46. The zero-order chi connectivity index (χ0) is 38.7. The van der Waals surface area contributed by atoms with E-state index in [0.29, 0.717) is 0 Å². The summed E-state index contributed by atoms with van der Waals surface area (Å²) in [4.78, 5) is 10.3. The summed E-state index contributed by atoms with van der Waals surface area (Å²) in [6.45, 7) is 21.6. The Hall–Kier alpha value is -4.83. The molecule has 0 fully saturated rings. The Morgan fingerprint density at radius 3 is 1.77 bits per heavy atom. The van der Waals surface area contributed by atoms with Crippen molar-refractivity contribution in [3.8, 4) is 11.3 Å². The third-order valence-electron chi connectivity index (χ3n) is 15.5. The van der Waals surface area contributed by atoms with E-state index < -0.39 is 0 Å². The zero-order valence-corrected chi connectivity index (χ0v) is 36.7. The number of nitrogens with zero attached hydrogens (tertiary/aromatic N) is 4. The van der Waals surface area contributed by atoms with Crippen LogP contribution in [0.3, 0.4) is 0 Å². The van der Waals surface area contributed by atoms with Gasteiger partial charge in [-0.25, -0.2) is 0 Å². The molecule has 0 spiro atoms. The Bertz CT molecular complexity index is 3170. The van der Waals surface area contributed by atoms with E-state index in [2.05, 4.69) is 174 Å². The van der Waals surface area contributed by atoms with Gasteiger partial charge in [-0.15, -0.1) is 59.3 Å². The molecule has 0 amide bonds. The van der Waals surface area contributed by atoms with Crippen molar-refractivity contribution in [2.45, 2.75) is 102 Å². The number of fused-ring (bicyclic) bond motifs is 8. The largest absolute Gasteiger partial charge is 0.337 e. The van der Waals surface area contributed by atoms with Crippen molar-refractivity contribution in [3.05, 3.63) is 143 Å². The minimum atomic E-state index is -0.0453. The second kappa shape index (κ2) is 11.6. The Labute approximate surface area is 348 Å². The van der Waals surface area contributed by atoms with Gasteiger partial charge in [0.2, 0.25) is 0 Å². The number of rotatable bonds is 0. The van der Waals surface area contributed by atoms with Crippen molar-refractivity contribution in [1.29, 1.82) is 0 Å². The van der Waals surface area contributed by atoms with Crippen LogP contribution in [0.4, 0.5) is 0 Å². The molecule has 1 unspecified atom stereocenters. The summed E-state index contributed by atoms with van der Waals surface area (Å²) in [7, 11) is 0. The molecule has 12 rings (SSSR count). The summed E-state index contributed by atoms with van der Waals surface area (Å²) in [6.07, 6.45) is 4.32. The molecule has 2 aliphatic heterocycles. The number of para-hydroxylation sites is 2. The minimum absolute atomic E-state index is 0. The van der Waals surface area contributed by atoms with Gasteiger partial charge in [0.25, 0.3) is 0 Å². The first-order chi connectivity index (χ1) is 26.7. The van der Waals surface area contributed by atoms with Crippen LogP contribution < -0.4 is 0 Å². The van der Waals surface area contributed by atoms with Crippen molar-refractivity contribution in [2.24, 2.45) is 0 Å². The number of hydrogen-bond acceptors (Lipinski definition) is 2. The van der Waals surface area contributed by atoms with Gasteiger partial charge in [-0.2, -0.15) is 0 Å². The molecule has 57 heavy (non-hydrogen) atoms. The van der Waals surface area contributed by atoms with Gasteiger partial charge >= 0.3 is 0 Å². The summed E-state index contributed by atoms with van der Waals surface area (Å²) in [5.74, 6) is 0. The van der Waals surface area contributed by atoms with Crippen LogP contribution in [0, 0.1) is 12.1 Å². The molecule has 4 nitrogen and oxygen atoms in total. The van der Waals surface area contributed by atoms with Crippen LogP contribution in [0.1, 0.15) is 103 Å². The van der Waals surface area contributed by atoms with E-state index in [1.807, 2.05) is 12.1 Å². The van der Waals surface area contributed by atoms with Crippen LogP contribution in [0.5, 0.6) is 0 Å². The molecular formula is C52H48IrN4-2. The molecule has 287 valence electrons.